The minimum atomic E-state index is -0.565. The van der Waals surface area contributed by atoms with Gasteiger partial charge in [-0.1, -0.05) is 40.2 Å². The molecule has 3 N–H and O–H groups in total. The van der Waals surface area contributed by atoms with Gasteiger partial charge in [-0.05, 0) is 55.7 Å². The van der Waals surface area contributed by atoms with Gasteiger partial charge in [-0.25, -0.2) is 0 Å². The molecule has 1 amide bonds. The molecule has 2 rings (SSSR count). The second-order valence-electron chi connectivity index (χ2n) is 5.88. The first kappa shape index (κ1) is 16.6. The highest BCUT2D eigenvalue weighted by Crippen LogP contribution is 2.25. The first-order chi connectivity index (χ1) is 10.4. The van der Waals surface area contributed by atoms with E-state index in [0.717, 1.165) is 27.7 Å². The van der Waals surface area contributed by atoms with Crippen LogP contribution in [0.1, 0.15) is 25.0 Å². The van der Waals surface area contributed by atoms with Crippen molar-refractivity contribution in [3.63, 3.8) is 0 Å². The fourth-order valence-corrected chi connectivity index (χ4v) is 2.63. The normalized spacial score (nSPS) is 11.2. The molecule has 0 saturated heterocycles. The average Bonchev–Trinajstić information content (AvgIpc) is 2.49. The van der Waals surface area contributed by atoms with Gasteiger partial charge < -0.3 is 11.1 Å². The van der Waals surface area contributed by atoms with E-state index in [9.17, 15) is 4.79 Å². The Morgan fingerprint density at radius 1 is 1.18 bits per heavy atom. The summed E-state index contributed by atoms with van der Waals surface area (Å²) < 4.78 is 0.979. The predicted molar refractivity (Wildman–Crippen MR) is 94.7 cm³/mol. The van der Waals surface area contributed by atoms with Gasteiger partial charge in [-0.3, -0.25) is 4.79 Å². The van der Waals surface area contributed by atoms with Crippen molar-refractivity contribution in [2.24, 2.45) is 0 Å². The van der Waals surface area contributed by atoms with E-state index in [0.29, 0.717) is 6.54 Å². The summed E-state index contributed by atoms with van der Waals surface area (Å²) in [4.78, 5) is 12.5. The zero-order chi connectivity index (χ0) is 16.2. The maximum atomic E-state index is 12.5. The number of halogens is 1. The third-order valence-corrected chi connectivity index (χ3v) is 4.29. The Hall–Kier alpha value is -1.81. The third-order valence-electron chi connectivity index (χ3n) is 3.79. The largest absolute Gasteiger partial charge is 0.399 e. The van der Waals surface area contributed by atoms with Crippen molar-refractivity contribution < 1.29 is 4.79 Å². The Bertz CT molecular complexity index is 650. The lowest BCUT2D eigenvalue weighted by Crippen LogP contribution is -2.40. The van der Waals surface area contributed by atoms with E-state index in [1.165, 1.54) is 0 Å². The summed E-state index contributed by atoms with van der Waals surface area (Å²) in [7, 11) is 0. The van der Waals surface area contributed by atoms with Crippen molar-refractivity contribution in [2.45, 2.75) is 25.7 Å². The van der Waals surface area contributed by atoms with Gasteiger partial charge in [0.15, 0.2) is 0 Å². The van der Waals surface area contributed by atoms with Gasteiger partial charge >= 0.3 is 0 Å². The number of carbonyl (C=O) groups excluding carboxylic acids is 1. The zero-order valence-electron chi connectivity index (χ0n) is 12.9. The molecular weight excluding hydrogens is 340 g/mol. The molecule has 0 bridgehead atoms. The van der Waals surface area contributed by atoms with Gasteiger partial charge in [0.05, 0.1) is 5.41 Å². The average molecular weight is 361 g/mol. The topological polar surface area (TPSA) is 55.1 Å². The van der Waals surface area contributed by atoms with Gasteiger partial charge in [0.1, 0.15) is 0 Å². The molecule has 0 unspecified atom stereocenters. The van der Waals surface area contributed by atoms with Gasteiger partial charge in [-0.2, -0.15) is 0 Å². The second kappa shape index (κ2) is 6.97. The number of hydrogen-bond donors (Lipinski definition) is 2. The fraction of sp³-hybridized carbons (Fsp3) is 0.278. The highest BCUT2D eigenvalue weighted by molar-refractivity contribution is 9.10. The SMILES string of the molecule is CC(C)(C(=O)NCCc1ccc(N)cc1)c1cccc(Br)c1. The van der Waals surface area contributed by atoms with E-state index in [-0.39, 0.29) is 5.91 Å². The van der Waals surface area contributed by atoms with Gasteiger partial charge in [0, 0.05) is 16.7 Å². The van der Waals surface area contributed by atoms with Crippen LogP contribution < -0.4 is 11.1 Å². The zero-order valence-corrected chi connectivity index (χ0v) is 14.5. The van der Waals surface area contributed by atoms with E-state index < -0.39 is 5.41 Å². The highest BCUT2D eigenvalue weighted by Gasteiger charge is 2.29. The molecule has 3 nitrogen and oxygen atoms in total. The number of carbonyl (C=O) groups is 1. The number of benzene rings is 2. The molecule has 0 atom stereocenters. The molecule has 0 aliphatic heterocycles. The number of rotatable bonds is 5. The number of anilines is 1. The maximum absolute atomic E-state index is 12.5. The van der Waals surface area contributed by atoms with Crippen LogP contribution in [0, 0.1) is 0 Å². The minimum Gasteiger partial charge on any atom is -0.399 e. The maximum Gasteiger partial charge on any atom is 0.230 e. The third kappa shape index (κ3) is 4.10. The monoisotopic (exact) mass is 360 g/mol. The van der Waals surface area contributed by atoms with Crippen LogP contribution in [-0.2, 0) is 16.6 Å². The summed E-state index contributed by atoms with van der Waals surface area (Å²) in [5, 5.41) is 3.02. The highest BCUT2D eigenvalue weighted by atomic mass is 79.9. The quantitative estimate of drug-likeness (QED) is 0.799. The second-order valence-corrected chi connectivity index (χ2v) is 6.80. The van der Waals surface area contributed by atoms with Crippen LogP contribution in [0.2, 0.25) is 0 Å². The first-order valence-corrected chi connectivity index (χ1v) is 8.07. The van der Waals surface area contributed by atoms with Crippen molar-refractivity contribution in [3.05, 3.63) is 64.1 Å². The van der Waals surface area contributed by atoms with Crippen LogP contribution in [0.25, 0.3) is 0 Å². The van der Waals surface area contributed by atoms with Crippen LogP contribution >= 0.6 is 15.9 Å². The summed E-state index contributed by atoms with van der Waals surface area (Å²) in [5.74, 6) is 0.0287. The summed E-state index contributed by atoms with van der Waals surface area (Å²) in [6.45, 7) is 4.49. The molecule has 0 radical (unpaired) electrons. The smallest absolute Gasteiger partial charge is 0.230 e. The van der Waals surface area contributed by atoms with Crippen LogP contribution in [0.3, 0.4) is 0 Å². The Labute approximate surface area is 140 Å². The Kier molecular flexibility index (Phi) is 5.24. The molecule has 4 heteroatoms. The van der Waals surface area contributed by atoms with Crippen molar-refractivity contribution in [1.82, 2.24) is 5.32 Å². The lowest BCUT2D eigenvalue weighted by Gasteiger charge is -2.24. The van der Waals surface area contributed by atoms with E-state index in [1.54, 1.807) is 0 Å². The van der Waals surface area contributed by atoms with Crippen molar-refractivity contribution in [2.75, 3.05) is 12.3 Å². The Morgan fingerprint density at radius 3 is 2.50 bits per heavy atom. The molecular formula is C18H21BrN2O. The van der Waals surface area contributed by atoms with Crippen LogP contribution in [0.4, 0.5) is 5.69 Å². The molecule has 0 aliphatic rings. The number of amides is 1. The molecule has 0 heterocycles. The summed E-state index contributed by atoms with van der Waals surface area (Å²) >= 11 is 3.45. The number of nitrogen functional groups attached to an aromatic ring is 1. The molecule has 22 heavy (non-hydrogen) atoms. The Morgan fingerprint density at radius 2 is 1.86 bits per heavy atom. The van der Waals surface area contributed by atoms with Crippen molar-refractivity contribution in [3.8, 4) is 0 Å². The molecule has 0 aliphatic carbocycles. The number of nitrogens with one attached hydrogen (secondary N) is 1. The van der Waals surface area contributed by atoms with Crippen LogP contribution in [0.5, 0.6) is 0 Å². The minimum absolute atomic E-state index is 0.0287. The fourth-order valence-electron chi connectivity index (χ4n) is 2.23. The molecule has 0 aromatic heterocycles. The van der Waals surface area contributed by atoms with E-state index in [1.807, 2.05) is 62.4 Å². The lowest BCUT2D eigenvalue weighted by molar-refractivity contribution is -0.125. The summed E-state index contributed by atoms with van der Waals surface area (Å²) in [6.07, 6.45) is 0.792. The van der Waals surface area contributed by atoms with Crippen LogP contribution in [0.15, 0.2) is 53.0 Å². The van der Waals surface area contributed by atoms with E-state index in [2.05, 4.69) is 21.2 Å². The lowest BCUT2D eigenvalue weighted by atomic mass is 9.84. The number of nitrogens with two attached hydrogens (primary N) is 1. The molecule has 0 spiro atoms. The number of hydrogen-bond acceptors (Lipinski definition) is 2. The van der Waals surface area contributed by atoms with Crippen LogP contribution in [-0.4, -0.2) is 12.5 Å². The molecule has 0 fully saturated rings. The Balaban J connectivity index is 1.95. The van der Waals surface area contributed by atoms with Crippen molar-refractivity contribution in [1.29, 1.82) is 0 Å². The van der Waals surface area contributed by atoms with E-state index in [4.69, 9.17) is 5.73 Å². The standard InChI is InChI=1S/C18H21BrN2O/c1-18(2,14-4-3-5-15(19)12-14)17(22)21-11-10-13-6-8-16(20)9-7-13/h3-9,12H,10-11,20H2,1-2H3,(H,21,22). The first-order valence-electron chi connectivity index (χ1n) is 7.28. The molecule has 2 aromatic carbocycles. The predicted octanol–water partition coefficient (Wildman–Crippen LogP) is 3.67. The van der Waals surface area contributed by atoms with Gasteiger partial charge in [0.2, 0.25) is 5.91 Å². The van der Waals surface area contributed by atoms with E-state index >= 15 is 0 Å². The van der Waals surface area contributed by atoms with Gasteiger partial charge in [0.25, 0.3) is 0 Å². The van der Waals surface area contributed by atoms with Gasteiger partial charge in [-0.15, -0.1) is 0 Å². The molecule has 116 valence electrons. The summed E-state index contributed by atoms with van der Waals surface area (Å²) in [5.41, 5.74) is 8.01. The summed E-state index contributed by atoms with van der Waals surface area (Å²) in [6, 6.07) is 15.6. The molecule has 0 saturated carbocycles. The molecule has 2 aromatic rings. The van der Waals surface area contributed by atoms with Crippen molar-refractivity contribution >= 4 is 27.5 Å².